The summed E-state index contributed by atoms with van der Waals surface area (Å²) in [5.41, 5.74) is 0. The van der Waals surface area contributed by atoms with Crippen LogP contribution in [0.15, 0.2) is 0 Å². The number of hydrogen-bond acceptors (Lipinski definition) is 12. The number of aliphatic hydroxyl groups excluding tert-OH is 4. The number of ether oxygens (including phenoxy) is 2. The normalized spacial score (nSPS) is 30.9. The van der Waals surface area contributed by atoms with Crippen molar-refractivity contribution < 1.29 is 49.4 Å². The van der Waals surface area contributed by atoms with Gasteiger partial charge in [0.15, 0.2) is 0 Å². The molecule has 4 unspecified atom stereocenters. The molecule has 0 amide bonds. The predicted molar refractivity (Wildman–Crippen MR) is 76.1 cm³/mol. The van der Waals surface area contributed by atoms with E-state index in [1.54, 1.807) is 0 Å². The Bertz CT molecular complexity index is 394. The molecule has 0 aromatic carbocycles. The van der Waals surface area contributed by atoms with Gasteiger partial charge in [-0.1, -0.05) is 10.1 Å². The van der Waals surface area contributed by atoms with Crippen molar-refractivity contribution in [2.24, 2.45) is 0 Å². The van der Waals surface area contributed by atoms with Gasteiger partial charge < -0.3 is 34.7 Å². The van der Waals surface area contributed by atoms with Crippen molar-refractivity contribution in [3.8, 4) is 0 Å². The molecule has 0 spiro atoms. The highest BCUT2D eigenvalue weighted by molar-refractivity contribution is 5.70. The van der Waals surface area contributed by atoms with Gasteiger partial charge in [0, 0.05) is 0 Å². The van der Waals surface area contributed by atoms with Crippen LogP contribution in [0.1, 0.15) is 25.7 Å². The number of aliphatic hydroxyl groups is 4. The van der Waals surface area contributed by atoms with E-state index in [2.05, 4.69) is 0 Å². The smallest absolute Gasteiger partial charge is 0.351 e. The molecule has 2 rings (SSSR count). The van der Waals surface area contributed by atoms with Gasteiger partial charge in [0.25, 0.3) is 0 Å². The Hall–Kier alpha value is -0.930. The van der Waals surface area contributed by atoms with E-state index in [-0.39, 0.29) is 20.0 Å². The number of nitrogens with zero attached hydrogens (tertiary/aromatic N) is 2. The zero-order valence-electron chi connectivity index (χ0n) is 13.6. The van der Waals surface area contributed by atoms with Crippen molar-refractivity contribution in [3.63, 3.8) is 0 Å². The van der Waals surface area contributed by atoms with Gasteiger partial charge >= 0.3 is 5.97 Å². The Morgan fingerprint density at radius 3 is 2.00 bits per heavy atom. The molecule has 0 aromatic heterocycles. The fourth-order valence-corrected chi connectivity index (χ4v) is 2.30. The maximum absolute atomic E-state index is 11.5. The molecule has 2 saturated heterocycles. The van der Waals surface area contributed by atoms with Gasteiger partial charge in [0.05, 0.1) is 6.61 Å². The van der Waals surface area contributed by atoms with Crippen molar-refractivity contribution in [1.29, 1.82) is 0 Å². The zero-order valence-corrected chi connectivity index (χ0v) is 13.6. The van der Waals surface area contributed by atoms with Crippen LogP contribution in [0.25, 0.3) is 0 Å². The first-order valence-electron chi connectivity index (χ1n) is 7.94. The highest BCUT2D eigenvalue weighted by atomic mass is 17.3. The van der Waals surface area contributed by atoms with Gasteiger partial charge in [0.1, 0.15) is 44.9 Å². The van der Waals surface area contributed by atoms with E-state index in [9.17, 15) is 25.2 Å². The lowest BCUT2D eigenvalue weighted by Gasteiger charge is -2.21. The second kappa shape index (κ2) is 10.3. The third-order valence-corrected chi connectivity index (χ3v) is 3.58. The second-order valence-electron chi connectivity index (χ2n) is 5.53. The quantitative estimate of drug-likeness (QED) is 0.143. The lowest BCUT2D eigenvalue weighted by molar-refractivity contribution is -0.469. The Morgan fingerprint density at radius 1 is 0.840 bits per heavy atom. The van der Waals surface area contributed by atoms with E-state index in [4.69, 9.17) is 24.2 Å². The molecular formula is C13H24N2O10. The summed E-state index contributed by atoms with van der Waals surface area (Å²) in [6, 6.07) is 0. The molecule has 12 heteroatoms. The highest BCUT2D eigenvalue weighted by Gasteiger charge is 2.34. The van der Waals surface area contributed by atoms with Crippen molar-refractivity contribution in [2.75, 3.05) is 26.6 Å². The standard InChI is InChI=1S/C13H24N2O10/c16-9-1-2-10(17)14(9)24-13(20)7-22-8-21-5-6-23-25-15-11(18)3-4-12(15)19/h9-12,16-19H,1-8H2. The first-order chi connectivity index (χ1) is 12.0. The Morgan fingerprint density at radius 2 is 1.40 bits per heavy atom. The van der Waals surface area contributed by atoms with Crippen LogP contribution in [0.2, 0.25) is 0 Å². The molecular weight excluding hydrogens is 344 g/mol. The maximum atomic E-state index is 11.5. The fraction of sp³-hybridized carbons (Fsp3) is 0.923. The first-order valence-corrected chi connectivity index (χ1v) is 7.94. The number of carbonyl (C=O) groups excluding carboxylic acids is 1. The summed E-state index contributed by atoms with van der Waals surface area (Å²) in [5.74, 6) is -0.778. The van der Waals surface area contributed by atoms with Crippen molar-refractivity contribution in [1.82, 2.24) is 10.1 Å². The summed E-state index contributed by atoms with van der Waals surface area (Å²) in [7, 11) is 0. The zero-order chi connectivity index (χ0) is 18.2. The van der Waals surface area contributed by atoms with Gasteiger partial charge in [-0.05, 0) is 25.7 Å². The Kier molecular flexibility index (Phi) is 8.38. The Balaban J connectivity index is 1.43. The molecule has 0 aliphatic carbocycles. The second-order valence-corrected chi connectivity index (χ2v) is 5.53. The van der Waals surface area contributed by atoms with E-state index in [0.717, 1.165) is 10.1 Å². The summed E-state index contributed by atoms with van der Waals surface area (Å²) in [4.78, 5) is 25.8. The van der Waals surface area contributed by atoms with E-state index >= 15 is 0 Å². The molecule has 0 aromatic rings. The highest BCUT2D eigenvalue weighted by Crippen LogP contribution is 2.21. The van der Waals surface area contributed by atoms with Gasteiger partial charge in [-0.2, -0.15) is 0 Å². The third-order valence-electron chi connectivity index (χ3n) is 3.58. The van der Waals surface area contributed by atoms with Crippen LogP contribution in [-0.2, 0) is 29.0 Å². The van der Waals surface area contributed by atoms with Crippen LogP contribution in [0, 0.1) is 0 Å². The monoisotopic (exact) mass is 368 g/mol. The lowest BCUT2D eigenvalue weighted by atomic mass is 10.3. The first kappa shape index (κ1) is 20.4. The molecule has 2 heterocycles. The van der Waals surface area contributed by atoms with Crippen LogP contribution < -0.4 is 0 Å². The van der Waals surface area contributed by atoms with Gasteiger partial charge in [-0.15, -0.1) is 4.99 Å². The molecule has 146 valence electrons. The summed E-state index contributed by atoms with van der Waals surface area (Å²) in [6.07, 6.45) is -2.50. The average molecular weight is 368 g/mol. The largest absolute Gasteiger partial charge is 0.376 e. The molecule has 0 radical (unpaired) electrons. The molecule has 0 bridgehead atoms. The summed E-state index contributed by atoms with van der Waals surface area (Å²) in [6.45, 7) is -0.535. The molecule has 4 N–H and O–H groups in total. The number of rotatable bonds is 10. The SMILES string of the molecule is O=C(COCOCCOON1C(O)CCC1O)ON1C(O)CCC1O. The topological polar surface area (TPSA) is 151 Å². The molecule has 0 saturated carbocycles. The van der Waals surface area contributed by atoms with Crippen LogP contribution >= 0.6 is 0 Å². The molecule has 12 nitrogen and oxygen atoms in total. The minimum atomic E-state index is -1.03. The van der Waals surface area contributed by atoms with Gasteiger partial charge in [0.2, 0.25) is 0 Å². The van der Waals surface area contributed by atoms with E-state index in [0.29, 0.717) is 25.7 Å². The molecule has 4 atom stereocenters. The lowest BCUT2D eigenvalue weighted by Crippen LogP contribution is -2.38. The molecule has 2 aliphatic heterocycles. The third kappa shape index (κ3) is 6.38. The molecule has 2 aliphatic rings. The summed E-state index contributed by atoms with van der Waals surface area (Å²) >= 11 is 0. The number of hydroxylamine groups is 4. The van der Waals surface area contributed by atoms with Crippen LogP contribution in [0.3, 0.4) is 0 Å². The minimum Gasteiger partial charge on any atom is -0.376 e. The van der Waals surface area contributed by atoms with Crippen molar-refractivity contribution in [2.45, 2.75) is 50.6 Å². The molecule has 2 fully saturated rings. The van der Waals surface area contributed by atoms with Crippen LogP contribution in [-0.4, -0.2) is 88.0 Å². The number of hydrogen-bond donors (Lipinski definition) is 4. The van der Waals surface area contributed by atoms with E-state index < -0.39 is 37.5 Å². The summed E-state index contributed by atoms with van der Waals surface area (Å²) < 4.78 is 9.94. The van der Waals surface area contributed by atoms with Crippen LogP contribution in [0.5, 0.6) is 0 Å². The predicted octanol–water partition coefficient (Wildman–Crippen LogP) is -2.24. The average Bonchev–Trinajstić information content (AvgIpc) is 3.06. The van der Waals surface area contributed by atoms with Crippen molar-refractivity contribution >= 4 is 5.97 Å². The Labute approximate surface area is 143 Å². The van der Waals surface area contributed by atoms with E-state index in [1.807, 2.05) is 0 Å². The van der Waals surface area contributed by atoms with Gasteiger partial charge in [-0.3, -0.25) is 0 Å². The maximum Gasteiger partial charge on any atom is 0.351 e. The number of carbonyl (C=O) groups is 1. The van der Waals surface area contributed by atoms with E-state index in [1.165, 1.54) is 0 Å². The van der Waals surface area contributed by atoms with Gasteiger partial charge in [-0.25, -0.2) is 9.68 Å². The fourth-order valence-electron chi connectivity index (χ4n) is 2.30. The summed E-state index contributed by atoms with van der Waals surface area (Å²) in [5, 5.41) is 39.6. The van der Waals surface area contributed by atoms with Crippen molar-refractivity contribution in [3.05, 3.63) is 0 Å². The minimum absolute atomic E-state index is 0.00983. The van der Waals surface area contributed by atoms with Crippen LogP contribution in [0.4, 0.5) is 0 Å². The molecule has 25 heavy (non-hydrogen) atoms.